The summed E-state index contributed by atoms with van der Waals surface area (Å²) in [6.07, 6.45) is 4.08. The third kappa shape index (κ3) is 4.85. The predicted octanol–water partition coefficient (Wildman–Crippen LogP) is 4.95. The van der Waals surface area contributed by atoms with E-state index in [1.165, 1.54) is 4.90 Å². The number of carbonyl (C=O) groups is 1. The van der Waals surface area contributed by atoms with E-state index in [1.807, 2.05) is 55.6 Å². The highest BCUT2D eigenvalue weighted by atomic mass is 32.2. The van der Waals surface area contributed by atoms with Crippen molar-refractivity contribution >= 4 is 56.1 Å². The van der Waals surface area contributed by atoms with E-state index in [4.69, 9.17) is 4.98 Å². The largest absolute Gasteiger partial charge is 0.308 e. The van der Waals surface area contributed by atoms with Crippen LogP contribution in [-0.2, 0) is 0 Å². The van der Waals surface area contributed by atoms with Gasteiger partial charge in [0.15, 0.2) is 5.13 Å². The van der Waals surface area contributed by atoms with Gasteiger partial charge in [-0.3, -0.25) is 9.69 Å². The maximum absolute atomic E-state index is 13.3. The SMILES string of the molecule is CSc1cccc(C(=O)N(CCN(C)C)c2nc3ccc(SC)cc3s2)c1. The summed E-state index contributed by atoms with van der Waals surface area (Å²) in [6, 6.07) is 14.0. The van der Waals surface area contributed by atoms with Crippen molar-refractivity contribution in [2.45, 2.75) is 9.79 Å². The molecule has 0 N–H and O–H groups in total. The zero-order chi connectivity index (χ0) is 19.4. The van der Waals surface area contributed by atoms with Crippen molar-refractivity contribution in [2.24, 2.45) is 0 Å². The van der Waals surface area contributed by atoms with E-state index in [0.717, 1.165) is 26.8 Å². The summed E-state index contributed by atoms with van der Waals surface area (Å²) in [4.78, 5) is 24.2. The number of benzene rings is 2. The molecule has 3 aromatic rings. The number of hydrogen-bond donors (Lipinski definition) is 0. The van der Waals surface area contributed by atoms with Crippen molar-refractivity contribution in [3.05, 3.63) is 48.0 Å². The topological polar surface area (TPSA) is 36.4 Å². The zero-order valence-electron chi connectivity index (χ0n) is 15.9. The highest BCUT2D eigenvalue weighted by molar-refractivity contribution is 7.98. The lowest BCUT2D eigenvalue weighted by molar-refractivity contribution is 0.0985. The molecule has 1 heterocycles. The number of fused-ring (bicyclic) bond motifs is 1. The van der Waals surface area contributed by atoms with Crippen LogP contribution in [0.4, 0.5) is 5.13 Å². The van der Waals surface area contributed by atoms with Crippen LogP contribution < -0.4 is 4.90 Å². The van der Waals surface area contributed by atoms with Gasteiger partial charge in [0, 0.05) is 28.4 Å². The number of aromatic nitrogens is 1. The fourth-order valence-corrected chi connectivity index (χ4v) is 4.63. The molecule has 142 valence electrons. The monoisotopic (exact) mass is 417 g/mol. The summed E-state index contributed by atoms with van der Waals surface area (Å²) < 4.78 is 1.11. The molecule has 0 saturated heterocycles. The molecule has 0 bridgehead atoms. The Morgan fingerprint density at radius 3 is 2.48 bits per heavy atom. The molecule has 0 atom stereocenters. The summed E-state index contributed by atoms with van der Waals surface area (Å²) in [6.45, 7) is 1.38. The van der Waals surface area contributed by atoms with Gasteiger partial charge in [-0.1, -0.05) is 17.4 Å². The molecular formula is C20H23N3OS3. The van der Waals surface area contributed by atoms with Crippen LogP contribution in [0.3, 0.4) is 0 Å². The molecule has 1 amide bonds. The van der Waals surface area contributed by atoms with Gasteiger partial charge in [0.25, 0.3) is 5.91 Å². The second kappa shape index (κ2) is 9.10. The number of hydrogen-bond acceptors (Lipinski definition) is 6. The first kappa shape index (κ1) is 20.2. The van der Waals surface area contributed by atoms with Crippen molar-refractivity contribution in [3.63, 3.8) is 0 Å². The normalized spacial score (nSPS) is 11.3. The Hall–Kier alpha value is -1.54. The second-order valence-electron chi connectivity index (χ2n) is 6.32. The molecule has 4 nitrogen and oxygen atoms in total. The molecule has 0 fully saturated rings. The lowest BCUT2D eigenvalue weighted by atomic mass is 10.2. The van der Waals surface area contributed by atoms with E-state index in [-0.39, 0.29) is 5.91 Å². The molecule has 0 unspecified atom stereocenters. The lowest BCUT2D eigenvalue weighted by Crippen LogP contribution is -2.36. The van der Waals surface area contributed by atoms with Crippen LogP contribution in [0.1, 0.15) is 10.4 Å². The lowest BCUT2D eigenvalue weighted by Gasteiger charge is -2.22. The molecule has 2 aromatic carbocycles. The number of nitrogens with zero attached hydrogens (tertiary/aromatic N) is 3. The smallest absolute Gasteiger partial charge is 0.260 e. The molecule has 1 aromatic heterocycles. The first-order chi connectivity index (χ1) is 13.0. The van der Waals surface area contributed by atoms with Crippen molar-refractivity contribution in [3.8, 4) is 0 Å². The first-order valence-electron chi connectivity index (χ1n) is 8.57. The number of amides is 1. The minimum absolute atomic E-state index is 0.00287. The van der Waals surface area contributed by atoms with Gasteiger partial charge in [-0.25, -0.2) is 4.98 Å². The third-order valence-electron chi connectivity index (χ3n) is 4.15. The molecule has 0 aliphatic carbocycles. The average molecular weight is 418 g/mol. The molecule has 27 heavy (non-hydrogen) atoms. The van der Waals surface area contributed by atoms with Crippen LogP contribution >= 0.6 is 34.9 Å². The van der Waals surface area contributed by atoms with E-state index in [1.54, 1.807) is 34.9 Å². The summed E-state index contributed by atoms with van der Waals surface area (Å²) >= 11 is 4.93. The fourth-order valence-electron chi connectivity index (χ4n) is 2.63. The summed E-state index contributed by atoms with van der Waals surface area (Å²) in [5.74, 6) is -0.00287. The van der Waals surface area contributed by atoms with Crippen molar-refractivity contribution in [1.29, 1.82) is 0 Å². The Kier molecular flexibility index (Phi) is 6.81. The highest BCUT2D eigenvalue weighted by Gasteiger charge is 2.21. The van der Waals surface area contributed by atoms with Crippen LogP contribution in [0.2, 0.25) is 0 Å². The average Bonchev–Trinajstić information content (AvgIpc) is 3.10. The zero-order valence-corrected chi connectivity index (χ0v) is 18.4. The summed E-state index contributed by atoms with van der Waals surface area (Å²) in [7, 11) is 4.03. The minimum atomic E-state index is -0.00287. The Morgan fingerprint density at radius 2 is 1.78 bits per heavy atom. The van der Waals surface area contributed by atoms with Gasteiger partial charge in [-0.05, 0) is 63.0 Å². The van der Waals surface area contributed by atoms with Gasteiger partial charge >= 0.3 is 0 Å². The van der Waals surface area contributed by atoms with Gasteiger partial charge in [0.1, 0.15) is 0 Å². The van der Waals surface area contributed by atoms with Crippen LogP contribution in [-0.4, -0.2) is 55.5 Å². The van der Waals surface area contributed by atoms with Crippen molar-refractivity contribution < 1.29 is 4.79 Å². The molecule has 0 saturated carbocycles. The Labute approximate surface area is 173 Å². The van der Waals surface area contributed by atoms with Gasteiger partial charge < -0.3 is 4.90 Å². The maximum Gasteiger partial charge on any atom is 0.260 e. The van der Waals surface area contributed by atoms with E-state index < -0.39 is 0 Å². The fraction of sp³-hybridized carbons (Fsp3) is 0.300. The first-order valence-corrected chi connectivity index (χ1v) is 11.8. The van der Waals surface area contributed by atoms with E-state index in [9.17, 15) is 4.79 Å². The number of likely N-dealkylation sites (N-methyl/N-ethyl adjacent to an activating group) is 1. The van der Waals surface area contributed by atoms with Gasteiger partial charge in [0.05, 0.1) is 10.2 Å². The van der Waals surface area contributed by atoms with E-state index in [2.05, 4.69) is 23.3 Å². The van der Waals surface area contributed by atoms with E-state index >= 15 is 0 Å². The van der Waals surface area contributed by atoms with Gasteiger partial charge in [-0.2, -0.15) is 0 Å². The molecular weight excluding hydrogens is 394 g/mol. The number of thiazole rings is 1. The summed E-state index contributed by atoms with van der Waals surface area (Å²) in [5.41, 5.74) is 1.64. The van der Waals surface area contributed by atoms with Crippen molar-refractivity contribution in [2.75, 3.05) is 44.6 Å². The molecule has 0 aliphatic rings. The standard InChI is InChI=1S/C20H23N3OS3/c1-22(2)10-11-23(19(24)14-6-5-7-15(12-14)25-3)20-21-17-9-8-16(26-4)13-18(17)27-20/h5-9,12-13H,10-11H2,1-4H3. The number of anilines is 1. The highest BCUT2D eigenvalue weighted by Crippen LogP contribution is 2.32. The van der Waals surface area contributed by atoms with Crippen LogP contribution in [0.5, 0.6) is 0 Å². The maximum atomic E-state index is 13.3. The number of rotatable bonds is 7. The second-order valence-corrected chi connectivity index (χ2v) is 9.09. The molecule has 0 radical (unpaired) electrons. The van der Waals surface area contributed by atoms with Crippen LogP contribution in [0, 0.1) is 0 Å². The third-order valence-corrected chi connectivity index (χ3v) is 6.64. The number of thioether (sulfide) groups is 2. The van der Waals surface area contributed by atoms with E-state index in [0.29, 0.717) is 12.1 Å². The molecule has 0 spiro atoms. The van der Waals surface area contributed by atoms with Crippen LogP contribution in [0.25, 0.3) is 10.2 Å². The Morgan fingerprint density at radius 1 is 1.04 bits per heavy atom. The molecule has 3 rings (SSSR count). The molecule has 0 aliphatic heterocycles. The van der Waals surface area contributed by atoms with Gasteiger partial charge in [0.2, 0.25) is 0 Å². The number of carbonyl (C=O) groups excluding carboxylic acids is 1. The quantitative estimate of drug-likeness (QED) is 0.509. The minimum Gasteiger partial charge on any atom is -0.308 e. The molecule has 7 heteroatoms. The summed E-state index contributed by atoms with van der Waals surface area (Å²) in [5, 5.41) is 0.754. The van der Waals surface area contributed by atoms with Crippen LogP contribution in [0.15, 0.2) is 52.3 Å². The Bertz CT molecular complexity index is 939. The van der Waals surface area contributed by atoms with Gasteiger partial charge in [-0.15, -0.1) is 23.5 Å². The predicted molar refractivity (Wildman–Crippen MR) is 120 cm³/mol. The van der Waals surface area contributed by atoms with Crippen molar-refractivity contribution in [1.82, 2.24) is 9.88 Å². The Balaban J connectivity index is 1.98.